The van der Waals surface area contributed by atoms with Crippen LogP contribution in [-0.4, -0.2) is 36.3 Å². The molecule has 0 saturated heterocycles. The SMILES string of the molecule is NC(=O)CNc1ccc(C(=O)N2CC=C(c3cccs3)CC2)cc1. The summed E-state index contributed by atoms with van der Waals surface area (Å²) < 4.78 is 0. The first-order valence-corrected chi connectivity index (χ1v) is 8.66. The molecule has 1 aliphatic rings. The summed E-state index contributed by atoms with van der Waals surface area (Å²) >= 11 is 1.73. The highest BCUT2D eigenvalue weighted by atomic mass is 32.1. The Balaban J connectivity index is 1.62. The van der Waals surface area contributed by atoms with Crippen molar-refractivity contribution in [3.05, 3.63) is 58.3 Å². The first-order valence-electron chi connectivity index (χ1n) is 7.78. The summed E-state index contributed by atoms with van der Waals surface area (Å²) in [5.74, 6) is -0.394. The van der Waals surface area contributed by atoms with Crippen molar-refractivity contribution in [1.82, 2.24) is 4.90 Å². The lowest BCUT2D eigenvalue weighted by atomic mass is 10.1. The molecule has 0 bridgehead atoms. The summed E-state index contributed by atoms with van der Waals surface area (Å²) in [4.78, 5) is 26.5. The Morgan fingerprint density at radius 3 is 2.58 bits per heavy atom. The molecule has 1 aromatic carbocycles. The molecule has 0 atom stereocenters. The summed E-state index contributed by atoms with van der Waals surface area (Å²) in [5.41, 5.74) is 7.83. The van der Waals surface area contributed by atoms with E-state index in [0.29, 0.717) is 12.1 Å². The van der Waals surface area contributed by atoms with Gasteiger partial charge in [-0.2, -0.15) is 0 Å². The average molecular weight is 341 g/mol. The van der Waals surface area contributed by atoms with Crippen LogP contribution in [0.4, 0.5) is 5.69 Å². The smallest absolute Gasteiger partial charge is 0.254 e. The number of thiophene rings is 1. The molecule has 6 heteroatoms. The van der Waals surface area contributed by atoms with E-state index in [0.717, 1.165) is 18.7 Å². The second-order valence-corrected chi connectivity index (χ2v) is 6.55. The van der Waals surface area contributed by atoms with Crippen molar-refractivity contribution >= 4 is 34.4 Å². The molecule has 0 saturated carbocycles. The van der Waals surface area contributed by atoms with Gasteiger partial charge in [0, 0.05) is 29.2 Å². The van der Waals surface area contributed by atoms with Crippen molar-refractivity contribution in [2.24, 2.45) is 5.73 Å². The molecule has 2 heterocycles. The topological polar surface area (TPSA) is 75.4 Å². The molecule has 3 rings (SSSR count). The van der Waals surface area contributed by atoms with Crippen LogP contribution in [0.5, 0.6) is 0 Å². The fraction of sp³-hybridized carbons (Fsp3) is 0.222. The first-order chi connectivity index (χ1) is 11.6. The molecule has 2 amide bonds. The van der Waals surface area contributed by atoms with Crippen LogP contribution in [0.15, 0.2) is 47.9 Å². The van der Waals surface area contributed by atoms with E-state index in [4.69, 9.17) is 5.73 Å². The lowest BCUT2D eigenvalue weighted by Gasteiger charge is -2.26. The van der Waals surface area contributed by atoms with Gasteiger partial charge in [-0.15, -0.1) is 11.3 Å². The zero-order valence-electron chi connectivity index (χ0n) is 13.2. The predicted molar refractivity (Wildman–Crippen MR) is 96.9 cm³/mol. The second-order valence-electron chi connectivity index (χ2n) is 5.61. The van der Waals surface area contributed by atoms with Gasteiger partial charge in [0.2, 0.25) is 5.91 Å². The monoisotopic (exact) mass is 341 g/mol. The van der Waals surface area contributed by atoms with E-state index in [2.05, 4.69) is 22.8 Å². The molecule has 0 unspecified atom stereocenters. The normalized spacial score (nSPS) is 14.2. The number of amides is 2. The van der Waals surface area contributed by atoms with Crippen LogP contribution < -0.4 is 11.1 Å². The van der Waals surface area contributed by atoms with Gasteiger partial charge < -0.3 is 16.0 Å². The largest absolute Gasteiger partial charge is 0.376 e. The summed E-state index contributed by atoms with van der Waals surface area (Å²) in [7, 11) is 0. The van der Waals surface area contributed by atoms with Gasteiger partial charge in [-0.1, -0.05) is 12.1 Å². The van der Waals surface area contributed by atoms with Crippen molar-refractivity contribution in [3.8, 4) is 0 Å². The molecule has 124 valence electrons. The zero-order chi connectivity index (χ0) is 16.9. The molecular weight excluding hydrogens is 322 g/mol. The Labute approximate surface area is 144 Å². The second kappa shape index (κ2) is 7.31. The maximum Gasteiger partial charge on any atom is 0.254 e. The van der Waals surface area contributed by atoms with Crippen molar-refractivity contribution in [3.63, 3.8) is 0 Å². The summed E-state index contributed by atoms with van der Waals surface area (Å²) in [6.45, 7) is 1.44. The number of anilines is 1. The zero-order valence-corrected chi connectivity index (χ0v) is 14.0. The molecule has 2 aromatic rings. The molecule has 5 nitrogen and oxygen atoms in total. The maximum absolute atomic E-state index is 12.6. The summed E-state index contributed by atoms with van der Waals surface area (Å²) in [6, 6.07) is 11.3. The summed E-state index contributed by atoms with van der Waals surface area (Å²) in [5, 5.41) is 4.97. The molecule has 1 aromatic heterocycles. The number of carbonyl (C=O) groups excluding carboxylic acids is 2. The van der Waals surface area contributed by atoms with Crippen LogP contribution in [0.3, 0.4) is 0 Å². The van der Waals surface area contributed by atoms with E-state index in [1.165, 1.54) is 10.5 Å². The van der Waals surface area contributed by atoms with Gasteiger partial charge in [-0.25, -0.2) is 0 Å². The molecule has 1 aliphatic heterocycles. The maximum atomic E-state index is 12.6. The fourth-order valence-electron chi connectivity index (χ4n) is 2.64. The van der Waals surface area contributed by atoms with E-state index in [-0.39, 0.29) is 12.5 Å². The highest BCUT2D eigenvalue weighted by molar-refractivity contribution is 7.11. The predicted octanol–water partition coefficient (Wildman–Crippen LogP) is 2.57. The number of hydrogen-bond donors (Lipinski definition) is 2. The molecule has 0 aliphatic carbocycles. The minimum Gasteiger partial charge on any atom is -0.376 e. The number of nitrogens with one attached hydrogen (secondary N) is 1. The Morgan fingerprint density at radius 2 is 2.00 bits per heavy atom. The van der Waals surface area contributed by atoms with Crippen LogP contribution in [0, 0.1) is 0 Å². The van der Waals surface area contributed by atoms with Crippen molar-refractivity contribution in [2.45, 2.75) is 6.42 Å². The van der Waals surface area contributed by atoms with E-state index < -0.39 is 5.91 Å². The standard InChI is InChI=1S/C18H19N3O2S/c19-17(22)12-20-15-5-3-14(4-6-15)18(23)21-9-7-13(8-10-21)16-2-1-11-24-16/h1-7,11,20H,8-10,12H2,(H2,19,22). The van der Waals surface area contributed by atoms with Gasteiger partial charge in [0.15, 0.2) is 0 Å². The van der Waals surface area contributed by atoms with Crippen LogP contribution in [0.25, 0.3) is 5.57 Å². The number of benzene rings is 1. The van der Waals surface area contributed by atoms with Crippen LogP contribution in [0.2, 0.25) is 0 Å². The molecule has 3 N–H and O–H groups in total. The molecule has 24 heavy (non-hydrogen) atoms. The lowest BCUT2D eigenvalue weighted by Crippen LogP contribution is -2.34. The third kappa shape index (κ3) is 3.83. The Morgan fingerprint density at radius 1 is 1.21 bits per heavy atom. The van der Waals surface area contributed by atoms with E-state index >= 15 is 0 Å². The van der Waals surface area contributed by atoms with Gasteiger partial charge in [0.25, 0.3) is 5.91 Å². The minimum absolute atomic E-state index is 0.0259. The highest BCUT2D eigenvalue weighted by Crippen LogP contribution is 2.26. The van der Waals surface area contributed by atoms with Crippen LogP contribution in [0.1, 0.15) is 21.7 Å². The number of rotatable bonds is 5. The molecule has 0 radical (unpaired) electrons. The van der Waals surface area contributed by atoms with E-state index in [1.54, 1.807) is 35.6 Å². The molecule has 0 fully saturated rings. The third-order valence-corrected chi connectivity index (χ3v) is 4.88. The van der Waals surface area contributed by atoms with Crippen molar-refractivity contribution in [2.75, 3.05) is 25.0 Å². The number of carbonyl (C=O) groups is 2. The first kappa shape index (κ1) is 16.3. The van der Waals surface area contributed by atoms with Gasteiger partial charge in [0.05, 0.1) is 6.54 Å². The third-order valence-electron chi connectivity index (χ3n) is 3.93. The quantitative estimate of drug-likeness (QED) is 0.878. The fourth-order valence-corrected chi connectivity index (χ4v) is 3.44. The van der Waals surface area contributed by atoms with Crippen LogP contribution >= 0.6 is 11.3 Å². The highest BCUT2D eigenvalue weighted by Gasteiger charge is 2.19. The van der Waals surface area contributed by atoms with Gasteiger partial charge in [0.1, 0.15) is 0 Å². The minimum atomic E-state index is -0.420. The van der Waals surface area contributed by atoms with Gasteiger partial charge in [-0.05, 0) is 47.7 Å². The molecular formula is C18H19N3O2S. The number of nitrogens with zero attached hydrogens (tertiary/aromatic N) is 1. The van der Waals surface area contributed by atoms with Crippen molar-refractivity contribution in [1.29, 1.82) is 0 Å². The number of primary amides is 1. The van der Waals surface area contributed by atoms with Crippen molar-refractivity contribution < 1.29 is 9.59 Å². The lowest BCUT2D eigenvalue weighted by molar-refractivity contribution is -0.116. The average Bonchev–Trinajstić information content (AvgIpc) is 3.14. The molecule has 0 spiro atoms. The Kier molecular flexibility index (Phi) is 4.96. The summed E-state index contributed by atoms with van der Waals surface area (Å²) in [6.07, 6.45) is 3.01. The van der Waals surface area contributed by atoms with Gasteiger partial charge in [-0.3, -0.25) is 9.59 Å². The Hall–Kier alpha value is -2.60. The number of hydrogen-bond acceptors (Lipinski definition) is 4. The van der Waals surface area contributed by atoms with E-state index in [9.17, 15) is 9.59 Å². The van der Waals surface area contributed by atoms with Crippen LogP contribution in [-0.2, 0) is 4.79 Å². The number of nitrogens with two attached hydrogens (primary N) is 1. The Bertz CT molecular complexity index is 751. The van der Waals surface area contributed by atoms with E-state index in [1.807, 2.05) is 11.0 Å². The van der Waals surface area contributed by atoms with Gasteiger partial charge >= 0.3 is 0 Å².